The van der Waals surface area contributed by atoms with E-state index in [4.69, 9.17) is 10.7 Å². The number of hydrogen-bond donors (Lipinski definition) is 1. The second-order valence-corrected chi connectivity index (χ2v) is 7.04. The van der Waals surface area contributed by atoms with Gasteiger partial charge in [-0.05, 0) is 37.0 Å². The van der Waals surface area contributed by atoms with Crippen molar-refractivity contribution >= 4 is 11.3 Å². The standard InChI is InChI=1S/C14H24N2S/c1-8(2)7-11-13(9(3)4)17-14(16-11)12(15)10-5-6-10/h8-10,12H,5-7,15H2,1-4H3. The summed E-state index contributed by atoms with van der Waals surface area (Å²) in [4.78, 5) is 6.28. The molecular formula is C14H24N2S. The van der Waals surface area contributed by atoms with Crippen LogP contribution in [0.15, 0.2) is 0 Å². The molecule has 0 aliphatic heterocycles. The Kier molecular flexibility index (Phi) is 3.88. The van der Waals surface area contributed by atoms with Gasteiger partial charge in [-0.25, -0.2) is 4.98 Å². The monoisotopic (exact) mass is 252 g/mol. The molecule has 0 aromatic carbocycles. The quantitative estimate of drug-likeness (QED) is 0.864. The molecule has 1 unspecified atom stereocenters. The van der Waals surface area contributed by atoms with Crippen molar-refractivity contribution in [2.24, 2.45) is 17.6 Å². The number of rotatable bonds is 5. The van der Waals surface area contributed by atoms with Crippen LogP contribution in [-0.4, -0.2) is 4.98 Å². The van der Waals surface area contributed by atoms with Crippen LogP contribution in [0.2, 0.25) is 0 Å². The maximum atomic E-state index is 6.26. The number of nitrogens with two attached hydrogens (primary N) is 1. The van der Waals surface area contributed by atoms with Gasteiger partial charge in [0.15, 0.2) is 0 Å². The molecule has 1 aliphatic carbocycles. The van der Waals surface area contributed by atoms with E-state index in [1.807, 2.05) is 11.3 Å². The molecule has 0 saturated heterocycles. The van der Waals surface area contributed by atoms with Crippen LogP contribution in [-0.2, 0) is 6.42 Å². The Balaban J connectivity index is 2.23. The van der Waals surface area contributed by atoms with Crippen molar-refractivity contribution in [2.75, 3.05) is 0 Å². The van der Waals surface area contributed by atoms with Crippen molar-refractivity contribution in [3.05, 3.63) is 15.6 Å². The fraction of sp³-hybridized carbons (Fsp3) is 0.786. The molecule has 1 fully saturated rings. The van der Waals surface area contributed by atoms with Crippen LogP contribution in [0.3, 0.4) is 0 Å². The third-order valence-electron chi connectivity index (χ3n) is 3.29. The van der Waals surface area contributed by atoms with E-state index >= 15 is 0 Å². The average molecular weight is 252 g/mol. The second-order valence-electron chi connectivity index (χ2n) is 5.98. The molecule has 0 amide bonds. The average Bonchev–Trinajstić information content (AvgIpc) is 2.98. The Bertz CT molecular complexity index is 378. The van der Waals surface area contributed by atoms with Crippen LogP contribution >= 0.6 is 11.3 Å². The third-order valence-corrected chi connectivity index (χ3v) is 4.78. The summed E-state index contributed by atoms with van der Waals surface area (Å²) in [7, 11) is 0. The van der Waals surface area contributed by atoms with Crippen LogP contribution in [0.4, 0.5) is 0 Å². The van der Waals surface area contributed by atoms with E-state index in [0.717, 1.165) is 6.42 Å². The van der Waals surface area contributed by atoms with Crippen molar-refractivity contribution < 1.29 is 0 Å². The summed E-state index contributed by atoms with van der Waals surface area (Å²) in [6.45, 7) is 9.02. The van der Waals surface area contributed by atoms with Gasteiger partial charge in [-0.2, -0.15) is 0 Å². The summed E-state index contributed by atoms with van der Waals surface area (Å²) in [6, 6.07) is 0.193. The predicted octanol–water partition coefficient (Wildman–Crippen LogP) is 3.87. The Morgan fingerprint density at radius 1 is 1.29 bits per heavy atom. The molecule has 3 heteroatoms. The highest BCUT2D eigenvalue weighted by molar-refractivity contribution is 7.11. The highest BCUT2D eigenvalue weighted by Gasteiger charge is 2.32. The van der Waals surface area contributed by atoms with Gasteiger partial charge in [0.25, 0.3) is 0 Å². The zero-order chi connectivity index (χ0) is 12.6. The molecule has 2 rings (SSSR count). The fourth-order valence-corrected chi connectivity index (χ4v) is 3.36. The minimum absolute atomic E-state index is 0.193. The van der Waals surface area contributed by atoms with Crippen molar-refractivity contribution in [3.63, 3.8) is 0 Å². The first kappa shape index (κ1) is 13.0. The van der Waals surface area contributed by atoms with E-state index in [9.17, 15) is 0 Å². The van der Waals surface area contributed by atoms with Crippen LogP contribution in [0, 0.1) is 11.8 Å². The summed E-state index contributed by atoms with van der Waals surface area (Å²) in [5, 5.41) is 1.17. The Morgan fingerprint density at radius 2 is 1.94 bits per heavy atom. The first-order valence-corrected chi connectivity index (χ1v) is 7.55. The molecule has 96 valence electrons. The molecule has 1 aliphatic rings. The molecule has 2 N–H and O–H groups in total. The van der Waals surface area contributed by atoms with E-state index in [-0.39, 0.29) is 6.04 Å². The summed E-state index contributed by atoms with van der Waals surface area (Å²) in [5.41, 5.74) is 7.56. The molecule has 0 radical (unpaired) electrons. The van der Waals surface area contributed by atoms with Gasteiger partial charge < -0.3 is 5.73 Å². The minimum Gasteiger partial charge on any atom is -0.322 e. The van der Waals surface area contributed by atoms with Gasteiger partial charge in [-0.1, -0.05) is 27.7 Å². The van der Waals surface area contributed by atoms with E-state index in [0.29, 0.717) is 17.8 Å². The molecule has 2 nitrogen and oxygen atoms in total. The van der Waals surface area contributed by atoms with E-state index in [1.54, 1.807) is 0 Å². The first-order chi connectivity index (χ1) is 7.99. The minimum atomic E-state index is 0.193. The van der Waals surface area contributed by atoms with Gasteiger partial charge in [0.1, 0.15) is 5.01 Å². The lowest BCUT2D eigenvalue weighted by Crippen LogP contribution is -2.12. The van der Waals surface area contributed by atoms with Gasteiger partial charge in [0.2, 0.25) is 0 Å². The topological polar surface area (TPSA) is 38.9 Å². The maximum Gasteiger partial charge on any atom is 0.110 e. The molecule has 1 heterocycles. The SMILES string of the molecule is CC(C)Cc1nc(C(N)C2CC2)sc1C(C)C. The van der Waals surface area contributed by atoms with Crippen molar-refractivity contribution in [3.8, 4) is 0 Å². The lowest BCUT2D eigenvalue weighted by atomic mass is 10.0. The van der Waals surface area contributed by atoms with Crippen LogP contribution in [0.5, 0.6) is 0 Å². The van der Waals surface area contributed by atoms with E-state index < -0.39 is 0 Å². The van der Waals surface area contributed by atoms with Crippen LogP contribution in [0.1, 0.15) is 68.1 Å². The number of hydrogen-bond acceptors (Lipinski definition) is 3. The lowest BCUT2D eigenvalue weighted by Gasteiger charge is -2.06. The summed E-state index contributed by atoms with van der Waals surface area (Å²) < 4.78 is 0. The van der Waals surface area contributed by atoms with Gasteiger partial charge in [-0.3, -0.25) is 0 Å². The molecule has 0 spiro atoms. The molecule has 1 aromatic rings. The fourth-order valence-electron chi connectivity index (χ4n) is 2.17. The van der Waals surface area contributed by atoms with Gasteiger partial charge in [-0.15, -0.1) is 11.3 Å². The summed E-state index contributed by atoms with van der Waals surface area (Å²) in [6.07, 6.45) is 3.66. The van der Waals surface area contributed by atoms with Gasteiger partial charge >= 0.3 is 0 Å². The van der Waals surface area contributed by atoms with Crippen molar-refractivity contribution in [1.82, 2.24) is 4.98 Å². The maximum absolute atomic E-state index is 6.26. The third kappa shape index (κ3) is 3.08. The highest BCUT2D eigenvalue weighted by Crippen LogP contribution is 2.42. The van der Waals surface area contributed by atoms with Gasteiger partial charge in [0.05, 0.1) is 11.7 Å². The van der Waals surface area contributed by atoms with E-state index in [1.165, 1.54) is 28.4 Å². The van der Waals surface area contributed by atoms with Gasteiger partial charge in [0, 0.05) is 4.88 Å². The van der Waals surface area contributed by atoms with Crippen molar-refractivity contribution in [1.29, 1.82) is 0 Å². The largest absolute Gasteiger partial charge is 0.322 e. The molecular weight excluding hydrogens is 228 g/mol. The number of aromatic nitrogens is 1. The summed E-state index contributed by atoms with van der Waals surface area (Å²) in [5.74, 6) is 1.94. The Morgan fingerprint density at radius 3 is 2.41 bits per heavy atom. The van der Waals surface area contributed by atoms with Crippen LogP contribution < -0.4 is 5.73 Å². The Hall–Kier alpha value is -0.410. The summed E-state index contributed by atoms with van der Waals surface area (Å²) >= 11 is 1.85. The van der Waals surface area contributed by atoms with E-state index in [2.05, 4.69) is 27.7 Å². The molecule has 1 atom stereocenters. The molecule has 0 bridgehead atoms. The smallest absolute Gasteiger partial charge is 0.110 e. The molecule has 1 aromatic heterocycles. The number of thiazole rings is 1. The zero-order valence-corrected chi connectivity index (χ0v) is 12.2. The predicted molar refractivity (Wildman–Crippen MR) is 74.4 cm³/mol. The molecule has 17 heavy (non-hydrogen) atoms. The van der Waals surface area contributed by atoms with Crippen LogP contribution in [0.25, 0.3) is 0 Å². The van der Waals surface area contributed by atoms with Crippen molar-refractivity contribution in [2.45, 2.75) is 58.9 Å². The second kappa shape index (κ2) is 5.07. The molecule has 1 saturated carbocycles. The highest BCUT2D eigenvalue weighted by atomic mass is 32.1. The normalized spacial score (nSPS) is 18.1. The first-order valence-electron chi connectivity index (χ1n) is 6.74. The Labute approximate surface area is 109 Å². The lowest BCUT2D eigenvalue weighted by molar-refractivity contribution is 0.607. The zero-order valence-electron chi connectivity index (χ0n) is 11.4. The number of nitrogens with zero attached hydrogens (tertiary/aromatic N) is 1.